The minimum atomic E-state index is -0.339. The first-order chi connectivity index (χ1) is 11.2. The van der Waals surface area contributed by atoms with E-state index in [1.54, 1.807) is 0 Å². The van der Waals surface area contributed by atoms with Crippen molar-refractivity contribution in [1.82, 2.24) is 20.1 Å². The highest BCUT2D eigenvalue weighted by atomic mass is 19.1. The van der Waals surface area contributed by atoms with Crippen molar-refractivity contribution in [2.24, 2.45) is 0 Å². The minimum absolute atomic E-state index is 0.118. The molecule has 0 spiro atoms. The summed E-state index contributed by atoms with van der Waals surface area (Å²) in [5, 5.41) is 11.1. The standard InChI is InChI=1S/C16H19FN4O2/c17-12-5-7-13(8-6-12)23-11-16(22)18-10-15-20-19-14-4-2-1-3-9-21(14)15/h5-8H,1-4,9-11H2,(H,18,22). The number of aryl methyl sites for hydroxylation is 1. The second kappa shape index (κ2) is 7.21. The van der Waals surface area contributed by atoms with Gasteiger partial charge >= 0.3 is 0 Å². The van der Waals surface area contributed by atoms with E-state index >= 15 is 0 Å². The first-order valence-corrected chi connectivity index (χ1v) is 7.78. The summed E-state index contributed by atoms with van der Waals surface area (Å²) in [6, 6.07) is 5.55. The van der Waals surface area contributed by atoms with Crippen molar-refractivity contribution < 1.29 is 13.9 Å². The van der Waals surface area contributed by atoms with E-state index in [0.717, 1.165) is 37.5 Å². The van der Waals surface area contributed by atoms with Crippen molar-refractivity contribution in [2.45, 2.75) is 38.8 Å². The number of hydrogen-bond donors (Lipinski definition) is 1. The summed E-state index contributed by atoms with van der Waals surface area (Å²) in [7, 11) is 0. The summed E-state index contributed by atoms with van der Waals surface area (Å²) in [4.78, 5) is 11.8. The highest BCUT2D eigenvalue weighted by Gasteiger charge is 2.15. The summed E-state index contributed by atoms with van der Waals surface area (Å²) in [6.45, 7) is 1.12. The zero-order chi connectivity index (χ0) is 16.1. The maximum Gasteiger partial charge on any atom is 0.258 e. The number of halogens is 1. The van der Waals surface area contributed by atoms with Gasteiger partial charge in [-0.15, -0.1) is 10.2 Å². The lowest BCUT2D eigenvalue weighted by molar-refractivity contribution is -0.123. The van der Waals surface area contributed by atoms with Gasteiger partial charge in [0, 0.05) is 13.0 Å². The number of ether oxygens (including phenoxy) is 1. The van der Waals surface area contributed by atoms with Crippen LogP contribution in [0.1, 0.15) is 30.9 Å². The summed E-state index contributed by atoms with van der Waals surface area (Å²) >= 11 is 0. The summed E-state index contributed by atoms with van der Waals surface area (Å²) < 4.78 is 20.2. The Bertz CT molecular complexity index is 669. The molecule has 1 amide bonds. The Hall–Kier alpha value is -2.44. The molecule has 0 saturated heterocycles. The van der Waals surface area contributed by atoms with Gasteiger partial charge < -0.3 is 14.6 Å². The normalized spacial score (nSPS) is 14.0. The lowest BCUT2D eigenvalue weighted by atomic mass is 10.2. The topological polar surface area (TPSA) is 69.0 Å². The molecule has 0 bridgehead atoms. The molecule has 122 valence electrons. The number of benzene rings is 1. The Balaban J connectivity index is 1.49. The first-order valence-electron chi connectivity index (χ1n) is 7.78. The number of fused-ring (bicyclic) bond motifs is 1. The predicted octanol–water partition coefficient (Wildman–Crippen LogP) is 1.84. The Morgan fingerprint density at radius 1 is 1.22 bits per heavy atom. The third kappa shape index (κ3) is 4.06. The molecule has 1 aromatic carbocycles. The van der Waals surface area contributed by atoms with Gasteiger partial charge in [0.1, 0.15) is 17.4 Å². The van der Waals surface area contributed by atoms with E-state index < -0.39 is 0 Å². The number of carbonyl (C=O) groups excluding carboxylic acids is 1. The molecule has 23 heavy (non-hydrogen) atoms. The van der Waals surface area contributed by atoms with Gasteiger partial charge in [-0.2, -0.15) is 0 Å². The molecule has 0 atom stereocenters. The molecular weight excluding hydrogens is 299 g/mol. The quantitative estimate of drug-likeness (QED) is 0.913. The molecule has 1 aliphatic rings. The van der Waals surface area contributed by atoms with Gasteiger partial charge in [-0.3, -0.25) is 4.79 Å². The van der Waals surface area contributed by atoms with Gasteiger partial charge in [0.05, 0.1) is 6.54 Å². The van der Waals surface area contributed by atoms with Crippen LogP contribution in [-0.2, 0) is 24.3 Å². The van der Waals surface area contributed by atoms with Gasteiger partial charge in [-0.05, 0) is 37.1 Å². The largest absolute Gasteiger partial charge is 0.484 e. The Kier molecular flexibility index (Phi) is 4.85. The van der Waals surface area contributed by atoms with Crippen LogP contribution in [0.3, 0.4) is 0 Å². The maximum atomic E-state index is 12.8. The van der Waals surface area contributed by atoms with Gasteiger partial charge in [-0.1, -0.05) is 6.42 Å². The SMILES string of the molecule is O=C(COc1ccc(F)cc1)NCc1nnc2n1CCCCC2. The average molecular weight is 318 g/mol. The molecule has 1 aromatic heterocycles. The van der Waals surface area contributed by atoms with Crippen LogP contribution in [0.4, 0.5) is 4.39 Å². The van der Waals surface area contributed by atoms with E-state index in [4.69, 9.17) is 4.74 Å². The van der Waals surface area contributed by atoms with Gasteiger partial charge in [0.2, 0.25) is 0 Å². The molecule has 2 heterocycles. The second-order valence-electron chi connectivity index (χ2n) is 5.51. The Labute approximate surface area is 133 Å². The molecule has 0 aliphatic carbocycles. The van der Waals surface area contributed by atoms with Crippen molar-refractivity contribution in [3.05, 3.63) is 41.7 Å². The molecule has 0 unspecified atom stereocenters. The van der Waals surface area contributed by atoms with Crippen LogP contribution < -0.4 is 10.1 Å². The van der Waals surface area contributed by atoms with E-state index in [2.05, 4.69) is 20.1 Å². The van der Waals surface area contributed by atoms with Crippen LogP contribution in [0.2, 0.25) is 0 Å². The fourth-order valence-electron chi connectivity index (χ4n) is 2.58. The number of hydrogen-bond acceptors (Lipinski definition) is 4. The van der Waals surface area contributed by atoms with Crippen molar-refractivity contribution in [2.75, 3.05) is 6.61 Å². The molecule has 2 aromatic rings. The summed E-state index contributed by atoms with van der Waals surface area (Å²) in [6.07, 6.45) is 4.38. The predicted molar refractivity (Wildman–Crippen MR) is 81.3 cm³/mol. The third-order valence-electron chi connectivity index (χ3n) is 3.81. The number of aromatic nitrogens is 3. The van der Waals surface area contributed by atoms with Crippen molar-refractivity contribution in [3.63, 3.8) is 0 Å². The Morgan fingerprint density at radius 2 is 2.04 bits per heavy atom. The van der Waals surface area contributed by atoms with Crippen LogP contribution in [0, 0.1) is 5.82 Å². The van der Waals surface area contributed by atoms with E-state index in [1.165, 1.54) is 30.7 Å². The number of nitrogens with one attached hydrogen (secondary N) is 1. The molecular formula is C16H19FN4O2. The number of carbonyl (C=O) groups is 1. The molecule has 6 nitrogen and oxygen atoms in total. The van der Waals surface area contributed by atoms with Gasteiger partial charge in [0.25, 0.3) is 5.91 Å². The summed E-state index contributed by atoms with van der Waals surface area (Å²) in [5.74, 6) is 1.64. The number of nitrogens with zero attached hydrogens (tertiary/aromatic N) is 3. The zero-order valence-electron chi connectivity index (χ0n) is 12.8. The highest BCUT2D eigenvalue weighted by molar-refractivity contribution is 5.77. The molecule has 0 radical (unpaired) electrons. The zero-order valence-corrected chi connectivity index (χ0v) is 12.8. The molecule has 0 saturated carbocycles. The van der Waals surface area contributed by atoms with E-state index in [-0.39, 0.29) is 18.3 Å². The third-order valence-corrected chi connectivity index (χ3v) is 3.81. The van der Waals surface area contributed by atoms with Crippen LogP contribution in [0.15, 0.2) is 24.3 Å². The van der Waals surface area contributed by atoms with E-state index in [9.17, 15) is 9.18 Å². The van der Waals surface area contributed by atoms with E-state index in [0.29, 0.717) is 12.3 Å². The fraction of sp³-hybridized carbons (Fsp3) is 0.438. The number of rotatable bonds is 5. The monoisotopic (exact) mass is 318 g/mol. The summed E-state index contributed by atoms with van der Waals surface area (Å²) in [5.41, 5.74) is 0. The smallest absolute Gasteiger partial charge is 0.258 e. The Morgan fingerprint density at radius 3 is 2.87 bits per heavy atom. The molecule has 3 rings (SSSR count). The van der Waals surface area contributed by atoms with Crippen molar-refractivity contribution >= 4 is 5.91 Å². The number of amides is 1. The molecule has 1 aliphatic heterocycles. The lowest BCUT2D eigenvalue weighted by Crippen LogP contribution is -2.29. The molecule has 7 heteroatoms. The van der Waals surface area contributed by atoms with Crippen molar-refractivity contribution in [3.8, 4) is 5.75 Å². The highest BCUT2D eigenvalue weighted by Crippen LogP contribution is 2.14. The molecule has 0 fully saturated rings. The van der Waals surface area contributed by atoms with Crippen LogP contribution in [0.25, 0.3) is 0 Å². The molecule has 1 N–H and O–H groups in total. The average Bonchev–Trinajstić information content (AvgIpc) is 2.79. The fourth-order valence-corrected chi connectivity index (χ4v) is 2.58. The maximum absolute atomic E-state index is 12.8. The van der Waals surface area contributed by atoms with E-state index in [1.807, 2.05) is 0 Å². The van der Waals surface area contributed by atoms with Crippen LogP contribution >= 0.6 is 0 Å². The van der Waals surface area contributed by atoms with Gasteiger partial charge in [0.15, 0.2) is 12.4 Å². The first kappa shape index (κ1) is 15.5. The van der Waals surface area contributed by atoms with Crippen LogP contribution in [-0.4, -0.2) is 27.3 Å². The van der Waals surface area contributed by atoms with Gasteiger partial charge in [-0.25, -0.2) is 4.39 Å². The minimum Gasteiger partial charge on any atom is -0.484 e. The van der Waals surface area contributed by atoms with Crippen molar-refractivity contribution in [1.29, 1.82) is 0 Å². The lowest BCUT2D eigenvalue weighted by Gasteiger charge is -2.09. The van der Waals surface area contributed by atoms with Crippen LogP contribution in [0.5, 0.6) is 5.75 Å². The second-order valence-corrected chi connectivity index (χ2v) is 5.51.